The summed E-state index contributed by atoms with van der Waals surface area (Å²) in [5, 5.41) is 39.4. The predicted molar refractivity (Wildman–Crippen MR) is 94.4 cm³/mol. The summed E-state index contributed by atoms with van der Waals surface area (Å²) < 4.78 is 0. The van der Waals surface area contributed by atoms with Crippen LogP contribution in [0, 0.1) is 0 Å². The quantitative estimate of drug-likeness (QED) is 0.274. The number of H-pyrrole nitrogens is 1. The summed E-state index contributed by atoms with van der Waals surface area (Å²) in [6, 6.07) is 7.31. The molecule has 0 saturated heterocycles. The Balaban J connectivity index is 2.01. The van der Waals surface area contributed by atoms with Gasteiger partial charge in [-0.1, -0.05) is 17.6 Å². The molecule has 0 atom stereocenters. The van der Waals surface area contributed by atoms with Crippen LogP contribution in [0.25, 0.3) is 10.8 Å². The lowest BCUT2D eigenvalue weighted by molar-refractivity contribution is 0.365. The van der Waals surface area contributed by atoms with E-state index < -0.39 is 22.8 Å². The fourth-order valence-corrected chi connectivity index (χ4v) is 2.46. The molecule has 0 aliphatic heterocycles. The van der Waals surface area contributed by atoms with E-state index in [-0.39, 0.29) is 23.6 Å². The van der Waals surface area contributed by atoms with Gasteiger partial charge in [-0.25, -0.2) is 0 Å². The Labute approximate surface area is 143 Å². The number of hydrogen-bond acceptors (Lipinski definition) is 6. The molecule has 0 aliphatic carbocycles. The molecule has 0 fully saturated rings. The fourth-order valence-electron chi connectivity index (χ4n) is 2.46. The molecule has 8 heteroatoms. The maximum Gasteiger partial charge on any atom is 0.258 e. The van der Waals surface area contributed by atoms with E-state index in [1.54, 1.807) is 18.2 Å². The largest absolute Gasteiger partial charge is 0.504 e. The number of phenols is 3. The van der Waals surface area contributed by atoms with Crippen LogP contribution in [-0.2, 0) is 6.54 Å². The number of aliphatic imine (C=N–C) groups is 1. The van der Waals surface area contributed by atoms with E-state index in [4.69, 9.17) is 7.85 Å². The molecular weight excluding hydrogens is 323 g/mol. The zero-order valence-electron chi connectivity index (χ0n) is 12.9. The van der Waals surface area contributed by atoms with E-state index in [2.05, 4.69) is 9.98 Å². The first-order valence-electron chi connectivity index (χ1n) is 7.25. The molecule has 0 amide bonds. The molecule has 1 heterocycles. The molecule has 0 saturated carbocycles. The van der Waals surface area contributed by atoms with Gasteiger partial charge >= 0.3 is 0 Å². The lowest BCUT2D eigenvalue weighted by atomic mass is 9.92. The Morgan fingerprint density at radius 1 is 1.04 bits per heavy atom. The topological polar surface area (TPSA) is 126 Å². The van der Waals surface area contributed by atoms with Gasteiger partial charge < -0.3 is 20.4 Å². The van der Waals surface area contributed by atoms with Crippen molar-refractivity contribution in [3.05, 3.63) is 51.8 Å². The normalized spacial score (nSPS) is 11.4. The van der Waals surface area contributed by atoms with Gasteiger partial charge in [0.25, 0.3) is 5.56 Å². The van der Waals surface area contributed by atoms with Crippen LogP contribution in [0.1, 0.15) is 11.1 Å². The molecule has 0 bridgehead atoms. The molecule has 0 unspecified atom stereocenters. The van der Waals surface area contributed by atoms with Crippen molar-refractivity contribution in [3.8, 4) is 23.1 Å². The van der Waals surface area contributed by atoms with Crippen molar-refractivity contribution in [3.63, 3.8) is 0 Å². The monoisotopic (exact) mass is 336 g/mol. The standard InChI is InChI=1S/C17H13BN2O5/c18-9-2-3-10-11(5-9)12(17(25)20-16(10)24)7-19-6-8-1-4-13(21)15(23)14(8)22/h1-5,7,21-23H,6H2,(H2,20,24,25). The van der Waals surface area contributed by atoms with Crippen LogP contribution < -0.4 is 11.0 Å². The SMILES string of the molecule is [B]c1ccc2c(=O)[nH]c(O)c(C=NCc3ccc(O)c(O)c3O)c2c1. The second-order valence-electron chi connectivity index (χ2n) is 5.43. The third-order valence-electron chi connectivity index (χ3n) is 3.76. The molecule has 0 spiro atoms. The minimum Gasteiger partial charge on any atom is -0.504 e. The van der Waals surface area contributed by atoms with Gasteiger partial charge in [0.2, 0.25) is 11.6 Å². The van der Waals surface area contributed by atoms with Crippen molar-refractivity contribution >= 4 is 30.3 Å². The summed E-state index contributed by atoms with van der Waals surface area (Å²) in [5.41, 5.74) is 0.516. The maximum absolute atomic E-state index is 11.9. The predicted octanol–water partition coefficient (Wildman–Crippen LogP) is 0.763. The summed E-state index contributed by atoms with van der Waals surface area (Å²) in [6.07, 6.45) is 1.33. The molecule has 7 nitrogen and oxygen atoms in total. The van der Waals surface area contributed by atoms with Crippen molar-refractivity contribution in [1.29, 1.82) is 0 Å². The lowest BCUT2D eigenvalue weighted by Gasteiger charge is -2.07. The highest BCUT2D eigenvalue weighted by Crippen LogP contribution is 2.37. The highest BCUT2D eigenvalue weighted by atomic mass is 16.3. The summed E-state index contributed by atoms with van der Waals surface area (Å²) in [6.45, 7) is -0.0257. The minimum atomic E-state index is -0.627. The van der Waals surface area contributed by atoms with E-state index in [1.807, 2.05) is 0 Å². The molecule has 5 N–H and O–H groups in total. The number of aromatic hydroxyl groups is 4. The summed E-state index contributed by atoms with van der Waals surface area (Å²) in [7, 11) is 5.74. The van der Waals surface area contributed by atoms with Crippen molar-refractivity contribution in [1.82, 2.24) is 4.98 Å². The highest BCUT2D eigenvalue weighted by Gasteiger charge is 2.11. The average molecular weight is 336 g/mol. The first kappa shape index (κ1) is 16.4. The van der Waals surface area contributed by atoms with Gasteiger partial charge in [0, 0.05) is 22.6 Å². The second kappa shape index (κ2) is 6.24. The molecule has 2 radical (unpaired) electrons. The smallest absolute Gasteiger partial charge is 0.258 e. The third kappa shape index (κ3) is 3.01. The average Bonchev–Trinajstić information content (AvgIpc) is 2.57. The molecular formula is C17H13BN2O5. The van der Waals surface area contributed by atoms with E-state index in [0.717, 1.165) is 0 Å². The number of phenolic OH excluding ortho intramolecular Hbond substituents is 3. The van der Waals surface area contributed by atoms with Crippen LogP contribution in [0.3, 0.4) is 0 Å². The minimum absolute atomic E-state index is 0.0257. The first-order valence-corrected chi connectivity index (χ1v) is 7.25. The van der Waals surface area contributed by atoms with Gasteiger partial charge in [0.15, 0.2) is 11.5 Å². The van der Waals surface area contributed by atoms with Crippen molar-refractivity contribution < 1.29 is 20.4 Å². The van der Waals surface area contributed by atoms with Crippen molar-refractivity contribution in [2.45, 2.75) is 6.54 Å². The lowest BCUT2D eigenvalue weighted by Crippen LogP contribution is -2.11. The number of nitrogens with zero attached hydrogens (tertiary/aromatic N) is 1. The van der Waals surface area contributed by atoms with Crippen LogP contribution in [0.5, 0.6) is 23.1 Å². The van der Waals surface area contributed by atoms with Crippen molar-refractivity contribution in [2.24, 2.45) is 4.99 Å². The molecule has 124 valence electrons. The van der Waals surface area contributed by atoms with Crippen LogP contribution in [0.15, 0.2) is 40.1 Å². The van der Waals surface area contributed by atoms with Gasteiger partial charge in [-0.2, -0.15) is 0 Å². The van der Waals surface area contributed by atoms with Gasteiger partial charge in [0.05, 0.1) is 12.1 Å². The summed E-state index contributed by atoms with van der Waals surface area (Å²) in [5.74, 6) is -1.90. The zero-order valence-corrected chi connectivity index (χ0v) is 12.9. The second-order valence-corrected chi connectivity index (χ2v) is 5.43. The van der Waals surface area contributed by atoms with Gasteiger partial charge in [-0.15, -0.1) is 0 Å². The fraction of sp³-hybridized carbons (Fsp3) is 0.0588. The molecule has 3 rings (SSSR count). The van der Waals surface area contributed by atoms with E-state index in [1.165, 1.54) is 18.3 Å². The van der Waals surface area contributed by atoms with Crippen LogP contribution in [0.4, 0.5) is 0 Å². The maximum atomic E-state index is 11.9. The highest BCUT2D eigenvalue weighted by molar-refractivity contribution is 6.33. The Morgan fingerprint density at radius 3 is 2.56 bits per heavy atom. The summed E-state index contributed by atoms with van der Waals surface area (Å²) >= 11 is 0. The number of hydrogen-bond donors (Lipinski definition) is 5. The van der Waals surface area contributed by atoms with Gasteiger partial charge in [-0.05, 0) is 18.2 Å². The number of pyridine rings is 1. The first-order chi connectivity index (χ1) is 11.9. The summed E-state index contributed by atoms with van der Waals surface area (Å²) in [4.78, 5) is 18.3. The third-order valence-corrected chi connectivity index (χ3v) is 3.76. The molecule has 2 aromatic carbocycles. The molecule has 1 aromatic heterocycles. The molecule has 3 aromatic rings. The Kier molecular flexibility index (Phi) is 4.10. The number of rotatable bonds is 3. The van der Waals surface area contributed by atoms with Crippen molar-refractivity contribution in [2.75, 3.05) is 0 Å². The number of aromatic amines is 1. The van der Waals surface area contributed by atoms with E-state index in [9.17, 15) is 25.2 Å². The molecule has 0 aliphatic rings. The molecule has 25 heavy (non-hydrogen) atoms. The van der Waals surface area contributed by atoms with E-state index in [0.29, 0.717) is 16.2 Å². The number of benzene rings is 2. The Morgan fingerprint density at radius 2 is 1.80 bits per heavy atom. The van der Waals surface area contributed by atoms with Crippen LogP contribution in [-0.4, -0.2) is 39.5 Å². The number of nitrogens with one attached hydrogen (secondary N) is 1. The van der Waals surface area contributed by atoms with E-state index >= 15 is 0 Å². The van der Waals surface area contributed by atoms with Gasteiger partial charge in [0.1, 0.15) is 7.85 Å². The Bertz CT molecular complexity index is 1060. The van der Waals surface area contributed by atoms with Crippen LogP contribution >= 0.6 is 0 Å². The van der Waals surface area contributed by atoms with Crippen LogP contribution in [0.2, 0.25) is 0 Å². The Hall–Kier alpha value is -3.42. The zero-order chi connectivity index (χ0) is 18.1. The number of fused-ring (bicyclic) bond motifs is 1. The van der Waals surface area contributed by atoms with Gasteiger partial charge in [-0.3, -0.25) is 14.8 Å². The number of aromatic nitrogens is 1.